The highest BCUT2D eigenvalue weighted by Gasteiger charge is 2.30. The van der Waals surface area contributed by atoms with Crippen molar-refractivity contribution >= 4 is 15.9 Å². The van der Waals surface area contributed by atoms with Crippen LogP contribution < -0.4 is 5.32 Å². The Morgan fingerprint density at radius 1 is 1.07 bits per heavy atom. The first kappa shape index (κ1) is 20.5. The van der Waals surface area contributed by atoms with Gasteiger partial charge in [-0.1, -0.05) is 30.3 Å². The van der Waals surface area contributed by atoms with E-state index in [-0.39, 0.29) is 11.5 Å². The van der Waals surface area contributed by atoms with Gasteiger partial charge < -0.3 is 5.32 Å². The highest BCUT2D eigenvalue weighted by Crippen LogP contribution is 2.25. The molecule has 1 aliphatic heterocycles. The molecule has 5 nitrogen and oxygen atoms in total. The van der Waals surface area contributed by atoms with Gasteiger partial charge >= 0.3 is 0 Å². The van der Waals surface area contributed by atoms with Crippen LogP contribution in [-0.2, 0) is 10.0 Å². The molecule has 0 aliphatic carbocycles. The Labute approximate surface area is 165 Å². The van der Waals surface area contributed by atoms with E-state index < -0.39 is 21.7 Å². The van der Waals surface area contributed by atoms with Crippen LogP contribution >= 0.6 is 0 Å². The summed E-state index contributed by atoms with van der Waals surface area (Å²) in [4.78, 5) is 12.7. The van der Waals surface area contributed by atoms with Crippen LogP contribution in [0.3, 0.4) is 0 Å². The monoisotopic (exact) mass is 404 g/mol. The molecule has 1 N–H and O–H groups in total. The number of aryl methyl sites for hydroxylation is 2. The summed E-state index contributed by atoms with van der Waals surface area (Å²) >= 11 is 0. The van der Waals surface area contributed by atoms with Crippen molar-refractivity contribution in [3.05, 3.63) is 65.0 Å². The summed E-state index contributed by atoms with van der Waals surface area (Å²) in [5, 5.41) is 2.80. The standard InChI is InChI=1S/C21H25FN2O3S/c1-15-6-3-4-9-19(15)28(26,27)24-12-10-17(11-13-24)14-23-21(25)20-16(2)7-5-8-18(20)22/h3-9,17H,10-14H2,1-2H3,(H,23,25). The number of nitrogens with one attached hydrogen (secondary N) is 1. The third-order valence-electron chi connectivity index (χ3n) is 5.29. The van der Waals surface area contributed by atoms with Crippen LogP contribution in [0, 0.1) is 25.6 Å². The maximum absolute atomic E-state index is 13.9. The summed E-state index contributed by atoms with van der Waals surface area (Å²) in [6.07, 6.45) is 1.31. The first-order valence-electron chi connectivity index (χ1n) is 9.40. The summed E-state index contributed by atoms with van der Waals surface area (Å²) in [7, 11) is -3.51. The molecule has 1 aliphatic rings. The number of carbonyl (C=O) groups excluding carboxylic acids is 1. The average Bonchev–Trinajstić information content (AvgIpc) is 2.67. The summed E-state index contributed by atoms with van der Waals surface area (Å²) in [6, 6.07) is 11.5. The van der Waals surface area contributed by atoms with Gasteiger partial charge in [0, 0.05) is 19.6 Å². The minimum atomic E-state index is -3.51. The van der Waals surface area contributed by atoms with Crippen LogP contribution in [0.4, 0.5) is 4.39 Å². The first-order valence-corrected chi connectivity index (χ1v) is 10.8. The molecule has 1 fully saturated rings. The van der Waals surface area contributed by atoms with Crippen LogP contribution in [0.2, 0.25) is 0 Å². The fraction of sp³-hybridized carbons (Fsp3) is 0.381. The number of carbonyl (C=O) groups is 1. The Balaban J connectivity index is 1.57. The molecule has 7 heteroatoms. The molecule has 3 rings (SSSR count). The van der Waals surface area contributed by atoms with Gasteiger partial charge in [-0.05, 0) is 55.9 Å². The third-order valence-corrected chi connectivity index (χ3v) is 7.34. The number of hydrogen-bond acceptors (Lipinski definition) is 3. The predicted molar refractivity (Wildman–Crippen MR) is 106 cm³/mol. The van der Waals surface area contributed by atoms with Gasteiger partial charge in [-0.15, -0.1) is 0 Å². The first-order chi connectivity index (χ1) is 13.3. The number of benzene rings is 2. The van der Waals surface area contributed by atoms with E-state index in [0.29, 0.717) is 42.9 Å². The fourth-order valence-electron chi connectivity index (χ4n) is 3.58. The zero-order valence-corrected chi connectivity index (χ0v) is 16.9. The average molecular weight is 405 g/mol. The molecule has 1 amide bonds. The smallest absolute Gasteiger partial charge is 0.254 e. The molecule has 150 valence electrons. The molecule has 0 radical (unpaired) electrons. The Kier molecular flexibility index (Phi) is 6.15. The number of hydrogen-bond donors (Lipinski definition) is 1. The zero-order chi connectivity index (χ0) is 20.3. The molecule has 2 aromatic carbocycles. The lowest BCUT2D eigenvalue weighted by atomic mass is 9.98. The second kappa shape index (κ2) is 8.41. The summed E-state index contributed by atoms with van der Waals surface area (Å²) in [6.45, 7) is 4.73. The van der Waals surface area contributed by atoms with Crippen LogP contribution in [0.15, 0.2) is 47.4 Å². The Hall–Kier alpha value is -2.25. The molecule has 0 atom stereocenters. The molecule has 0 unspecified atom stereocenters. The molecule has 28 heavy (non-hydrogen) atoms. The van der Waals surface area contributed by atoms with Crippen molar-refractivity contribution in [2.24, 2.45) is 5.92 Å². The van der Waals surface area contributed by atoms with Gasteiger partial charge in [-0.2, -0.15) is 4.31 Å². The topological polar surface area (TPSA) is 66.5 Å². The van der Waals surface area contributed by atoms with Gasteiger partial charge in [0.2, 0.25) is 10.0 Å². The normalized spacial score (nSPS) is 16.1. The van der Waals surface area contributed by atoms with E-state index >= 15 is 0 Å². The fourth-order valence-corrected chi connectivity index (χ4v) is 5.28. The zero-order valence-electron chi connectivity index (χ0n) is 16.1. The predicted octanol–water partition coefficient (Wildman–Crippen LogP) is 3.27. The van der Waals surface area contributed by atoms with Gasteiger partial charge in [0.15, 0.2) is 0 Å². The Morgan fingerprint density at radius 3 is 2.36 bits per heavy atom. The van der Waals surface area contributed by atoms with Crippen LogP contribution in [0.1, 0.15) is 34.3 Å². The summed E-state index contributed by atoms with van der Waals surface area (Å²) in [5.74, 6) is -0.790. The second-order valence-corrected chi connectivity index (χ2v) is 9.16. The highest BCUT2D eigenvalue weighted by atomic mass is 32.2. The molecule has 0 bridgehead atoms. The van der Waals surface area contributed by atoms with E-state index in [4.69, 9.17) is 0 Å². The number of sulfonamides is 1. The molecular weight excluding hydrogens is 379 g/mol. The van der Waals surface area contributed by atoms with Gasteiger partial charge in [-0.25, -0.2) is 12.8 Å². The summed E-state index contributed by atoms with van der Waals surface area (Å²) < 4.78 is 41.1. The van der Waals surface area contributed by atoms with E-state index in [0.717, 1.165) is 5.56 Å². The number of piperidine rings is 1. The van der Waals surface area contributed by atoms with Crippen LogP contribution in [0.25, 0.3) is 0 Å². The summed E-state index contributed by atoms with van der Waals surface area (Å²) in [5.41, 5.74) is 1.40. The highest BCUT2D eigenvalue weighted by molar-refractivity contribution is 7.89. The van der Waals surface area contributed by atoms with Crippen molar-refractivity contribution in [2.45, 2.75) is 31.6 Å². The van der Waals surface area contributed by atoms with E-state index in [2.05, 4.69) is 5.32 Å². The SMILES string of the molecule is Cc1ccccc1S(=O)(=O)N1CCC(CNC(=O)c2c(C)cccc2F)CC1. The molecular formula is C21H25FN2O3S. The van der Waals surface area contributed by atoms with Crippen molar-refractivity contribution in [3.63, 3.8) is 0 Å². The van der Waals surface area contributed by atoms with Gasteiger partial charge in [0.05, 0.1) is 10.5 Å². The Bertz CT molecular complexity index is 947. The van der Waals surface area contributed by atoms with E-state index in [1.165, 1.54) is 10.4 Å². The molecule has 0 aromatic heterocycles. The van der Waals surface area contributed by atoms with E-state index in [1.807, 2.05) is 6.07 Å². The van der Waals surface area contributed by atoms with Crippen molar-refractivity contribution in [3.8, 4) is 0 Å². The van der Waals surface area contributed by atoms with Gasteiger partial charge in [-0.3, -0.25) is 4.79 Å². The molecule has 2 aromatic rings. The quantitative estimate of drug-likeness (QED) is 0.832. The van der Waals surface area contributed by atoms with Crippen LogP contribution in [-0.4, -0.2) is 38.3 Å². The number of amides is 1. The van der Waals surface area contributed by atoms with Crippen molar-refractivity contribution in [1.82, 2.24) is 9.62 Å². The number of nitrogens with zero attached hydrogens (tertiary/aromatic N) is 1. The minimum absolute atomic E-state index is 0.0714. The molecule has 1 heterocycles. The van der Waals surface area contributed by atoms with Gasteiger partial charge in [0.25, 0.3) is 5.91 Å². The minimum Gasteiger partial charge on any atom is -0.352 e. The van der Waals surface area contributed by atoms with Crippen molar-refractivity contribution < 1.29 is 17.6 Å². The number of halogens is 1. The van der Waals surface area contributed by atoms with Gasteiger partial charge in [0.1, 0.15) is 5.82 Å². The lowest BCUT2D eigenvalue weighted by Crippen LogP contribution is -2.41. The van der Waals surface area contributed by atoms with Crippen LogP contribution in [0.5, 0.6) is 0 Å². The largest absolute Gasteiger partial charge is 0.352 e. The number of rotatable bonds is 5. The van der Waals surface area contributed by atoms with Crippen molar-refractivity contribution in [1.29, 1.82) is 0 Å². The second-order valence-electron chi connectivity index (χ2n) is 7.25. The maximum Gasteiger partial charge on any atom is 0.254 e. The molecule has 0 saturated carbocycles. The lowest BCUT2D eigenvalue weighted by Gasteiger charge is -2.31. The third kappa shape index (κ3) is 4.25. The van der Waals surface area contributed by atoms with Crippen molar-refractivity contribution in [2.75, 3.05) is 19.6 Å². The maximum atomic E-state index is 13.9. The molecule has 0 spiro atoms. The van der Waals surface area contributed by atoms with E-state index in [1.54, 1.807) is 44.2 Å². The Morgan fingerprint density at radius 2 is 1.71 bits per heavy atom. The molecule has 1 saturated heterocycles. The lowest BCUT2D eigenvalue weighted by molar-refractivity contribution is 0.0936. The van der Waals surface area contributed by atoms with E-state index in [9.17, 15) is 17.6 Å².